The SMILES string of the molecule is CCCC[NH-].CCCC[NH-].CCCC[NH-].FC(F)(F)[Si]([c-]1cccc1)(C(F)(F)F)C(F)(F)F.[Zr+4]. The van der Waals surface area contributed by atoms with Crippen molar-refractivity contribution in [1.29, 1.82) is 0 Å². The van der Waals surface area contributed by atoms with Crippen LogP contribution in [0.1, 0.15) is 59.3 Å². The summed E-state index contributed by atoms with van der Waals surface area (Å²) in [6.45, 7) is 8.06. The van der Waals surface area contributed by atoms with E-state index in [9.17, 15) is 39.5 Å². The Morgan fingerprint density at radius 2 is 0.824 bits per heavy atom. The number of alkyl halides is 9. The number of hydrogen-bond acceptors (Lipinski definition) is 0. The normalized spacial score (nSPS) is 11.6. The number of unbranched alkanes of at least 4 members (excludes halogenated alkanes) is 3. The van der Waals surface area contributed by atoms with Crippen LogP contribution in [0.25, 0.3) is 17.2 Å². The third kappa shape index (κ3) is 14.3. The summed E-state index contributed by atoms with van der Waals surface area (Å²) in [5.74, 6) is -19.2. The van der Waals surface area contributed by atoms with E-state index >= 15 is 0 Å². The van der Waals surface area contributed by atoms with Crippen LogP contribution in [0.5, 0.6) is 0 Å². The van der Waals surface area contributed by atoms with Crippen molar-refractivity contribution in [3.8, 4) is 0 Å². The molecule has 1 rings (SSSR count). The maximum atomic E-state index is 12.6. The van der Waals surface area contributed by atoms with Crippen LogP contribution >= 0.6 is 0 Å². The molecule has 0 bridgehead atoms. The van der Waals surface area contributed by atoms with Gasteiger partial charge in [0.25, 0.3) is 0 Å². The molecule has 34 heavy (non-hydrogen) atoms. The Hall–Kier alpha value is -0.300. The average Bonchev–Trinajstić information content (AvgIpc) is 3.16. The zero-order valence-corrected chi connectivity index (χ0v) is 23.0. The van der Waals surface area contributed by atoms with E-state index in [4.69, 9.17) is 17.2 Å². The van der Waals surface area contributed by atoms with Crippen LogP contribution in [0, 0.1) is 0 Å². The van der Waals surface area contributed by atoms with Crippen LogP contribution in [-0.4, -0.2) is 45.1 Å². The molecule has 0 saturated heterocycles. The third-order valence-corrected chi connectivity index (χ3v) is 7.71. The topological polar surface area (TPSA) is 71.4 Å². The molecule has 0 aliphatic carbocycles. The molecule has 1 aromatic carbocycles. The molecule has 200 valence electrons. The van der Waals surface area contributed by atoms with E-state index in [1.165, 1.54) is 0 Å². The summed E-state index contributed by atoms with van der Waals surface area (Å²) in [5.41, 5.74) is 19.8. The first-order chi connectivity index (χ1) is 15.1. The minimum atomic E-state index is -7.72. The van der Waals surface area contributed by atoms with E-state index in [-0.39, 0.29) is 38.3 Å². The van der Waals surface area contributed by atoms with Gasteiger partial charge in [0, 0.05) is 0 Å². The van der Waals surface area contributed by atoms with Gasteiger partial charge in [-0.15, -0.1) is 5.19 Å². The van der Waals surface area contributed by atoms with Crippen molar-refractivity contribution in [2.45, 2.75) is 76.7 Å². The molecule has 0 aromatic heterocycles. The number of rotatable bonds is 7. The Bertz CT molecular complexity index is 493. The van der Waals surface area contributed by atoms with Gasteiger partial charge in [0.1, 0.15) is 0 Å². The summed E-state index contributed by atoms with van der Waals surface area (Å²) in [6.07, 6.45) is 6.64. The summed E-state index contributed by atoms with van der Waals surface area (Å²) >= 11 is 0. The zero-order valence-electron chi connectivity index (χ0n) is 19.6. The fourth-order valence-corrected chi connectivity index (χ4v) is 4.77. The summed E-state index contributed by atoms with van der Waals surface area (Å²) in [5, 5.41) is -1.75. The molecule has 3 nitrogen and oxygen atoms in total. The van der Waals surface area contributed by atoms with E-state index in [0.29, 0.717) is 31.8 Å². The second kappa shape index (κ2) is 20.8. The van der Waals surface area contributed by atoms with Crippen LogP contribution < -0.4 is 5.19 Å². The van der Waals surface area contributed by atoms with Gasteiger partial charge in [0.2, 0.25) is 0 Å². The maximum Gasteiger partial charge on any atom is 4.00 e. The van der Waals surface area contributed by atoms with Gasteiger partial charge in [0.05, 0.1) is 0 Å². The smallest absolute Gasteiger partial charge is 0.677 e. The quantitative estimate of drug-likeness (QED) is 0.169. The van der Waals surface area contributed by atoms with Gasteiger partial charge in [-0.05, 0) is 0 Å². The Morgan fingerprint density at radius 1 is 0.588 bits per heavy atom. The molecule has 0 spiro atoms. The summed E-state index contributed by atoms with van der Waals surface area (Å²) in [7, 11) is -7.72. The molecule has 0 aliphatic rings. The van der Waals surface area contributed by atoms with Crippen LogP contribution in [0.15, 0.2) is 24.3 Å². The third-order valence-electron chi connectivity index (χ3n) is 3.96. The summed E-state index contributed by atoms with van der Waals surface area (Å²) < 4.78 is 113. The Kier molecular flexibility index (Phi) is 25.1. The first-order valence-corrected chi connectivity index (χ1v) is 12.5. The Morgan fingerprint density at radius 3 is 0.941 bits per heavy atom. The van der Waals surface area contributed by atoms with Gasteiger partial charge in [-0.3, -0.25) is 0 Å². The maximum absolute atomic E-state index is 12.6. The van der Waals surface area contributed by atoms with E-state index in [1.54, 1.807) is 0 Å². The number of halogens is 9. The first kappa shape index (κ1) is 40.9. The predicted molar refractivity (Wildman–Crippen MR) is 118 cm³/mol. The number of hydrogen-bond donors (Lipinski definition) is 0. The number of nitrogens with one attached hydrogen (secondary N) is 3. The van der Waals surface area contributed by atoms with Gasteiger partial charge in [-0.25, -0.2) is 12.1 Å². The van der Waals surface area contributed by atoms with Crippen molar-refractivity contribution < 1.29 is 65.7 Å². The fourth-order valence-electron chi connectivity index (χ4n) is 2.13. The van der Waals surface area contributed by atoms with Gasteiger partial charge >= 0.3 is 51.7 Å². The van der Waals surface area contributed by atoms with Crippen molar-refractivity contribution >= 4 is 13.3 Å². The van der Waals surface area contributed by atoms with Crippen molar-refractivity contribution in [2.24, 2.45) is 0 Å². The van der Waals surface area contributed by atoms with Crippen LogP contribution in [0.4, 0.5) is 39.5 Å². The van der Waals surface area contributed by atoms with Crippen molar-refractivity contribution in [3.05, 3.63) is 41.5 Å². The molecule has 3 N–H and O–H groups in total. The molecule has 14 heteroatoms. The largest absolute Gasteiger partial charge is 4.00 e. The van der Waals surface area contributed by atoms with Gasteiger partial charge < -0.3 is 17.2 Å². The molecule has 0 radical (unpaired) electrons. The summed E-state index contributed by atoms with van der Waals surface area (Å²) in [6, 6.07) is 1.84. The molecular weight excluding hydrogens is 573 g/mol. The van der Waals surface area contributed by atoms with Crippen LogP contribution in [0.2, 0.25) is 0 Å². The molecule has 0 atom stereocenters. The minimum absolute atomic E-state index is 0. The van der Waals surface area contributed by atoms with Crippen molar-refractivity contribution in [1.82, 2.24) is 0 Å². The second-order valence-electron chi connectivity index (χ2n) is 6.73. The van der Waals surface area contributed by atoms with E-state index < -0.39 is 30.7 Å². The van der Waals surface area contributed by atoms with Crippen LogP contribution in [-0.2, 0) is 26.2 Å². The average molecular weight is 607 g/mol. The van der Waals surface area contributed by atoms with Gasteiger partial charge in [-0.1, -0.05) is 59.3 Å². The van der Waals surface area contributed by atoms with Gasteiger partial charge in [-0.2, -0.15) is 71.3 Å². The zero-order chi connectivity index (χ0) is 26.8. The van der Waals surface area contributed by atoms with E-state index in [2.05, 4.69) is 20.8 Å². The molecule has 0 fully saturated rings. The molecular formula is C20H34F9N3SiZr. The first-order valence-electron chi connectivity index (χ1n) is 10.5. The summed E-state index contributed by atoms with van der Waals surface area (Å²) in [4.78, 5) is 0. The van der Waals surface area contributed by atoms with E-state index in [1.807, 2.05) is 0 Å². The molecule has 0 unspecified atom stereocenters. The molecule has 0 aliphatic heterocycles. The minimum Gasteiger partial charge on any atom is -0.677 e. The molecule has 0 saturated carbocycles. The van der Waals surface area contributed by atoms with Crippen molar-refractivity contribution in [3.63, 3.8) is 0 Å². The van der Waals surface area contributed by atoms with Gasteiger partial charge in [0.15, 0.2) is 0 Å². The van der Waals surface area contributed by atoms with Crippen LogP contribution in [0.3, 0.4) is 0 Å². The monoisotopic (exact) mass is 605 g/mol. The molecule has 0 heterocycles. The van der Waals surface area contributed by atoms with E-state index in [0.717, 1.165) is 38.5 Å². The molecule has 0 amide bonds. The Labute approximate surface area is 216 Å². The van der Waals surface area contributed by atoms with Crippen molar-refractivity contribution in [2.75, 3.05) is 19.6 Å². The second-order valence-corrected chi connectivity index (χ2v) is 10.5. The molecule has 1 aromatic rings. The fraction of sp³-hybridized carbons (Fsp3) is 0.750. The standard InChI is InChI=1S/C8H4F9Si.3C4H10N.Zr/c9-6(10,11)18(7(12,13)14,8(15,16)17)5-3-1-2-4-5;3*1-2-3-4-5;/h1-4H;3*5H,2-4H2,1H3;/q4*-1;+4. The Balaban J connectivity index is -0.000000231. The predicted octanol–water partition coefficient (Wildman–Crippen LogP) is 8.88.